The van der Waals surface area contributed by atoms with Crippen LogP contribution < -0.4 is 0 Å². The third-order valence-electron chi connectivity index (χ3n) is 3.65. The fraction of sp³-hybridized carbons (Fsp3) is 0.867. The van der Waals surface area contributed by atoms with Crippen LogP contribution in [-0.2, 0) is 4.43 Å². The maximum Gasteiger partial charge on any atom is 0.168 e. The van der Waals surface area contributed by atoms with Crippen LogP contribution in [0.25, 0.3) is 0 Å². The van der Waals surface area contributed by atoms with Crippen LogP contribution in [0, 0.1) is 5.92 Å². The second-order valence-electron chi connectivity index (χ2n) is 7.25. The maximum atomic E-state index is 9.07. The van der Waals surface area contributed by atoms with Crippen molar-refractivity contribution in [2.24, 2.45) is 5.92 Å². The van der Waals surface area contributed by atoms with E-state index in [1.807, 2.05) is 0 Å². The van der Waals surface area contributed by atoms with E-state index in [0.717, 1.165) is 19.3 Å². The zero-order valence-corrected chi connectivity index (χ0v) is 14.2. The first kappa shape index (κ1) is 15.9. The average molecular weight is 270 g/mol. The SMILES string of the molecule is CC(C)(C)[SiH2]OC(C)(C)C1=CCCC(CCO)C1. The van der Waals surface area contributed by atoms with Crippen molar-refractivity contribution in [1.82, 2.24) is 0 Å². The highest BCUT2D eigenvalue weighted by atomic mass is 28.2. The lowest BCUT2D eigenvalue weighted by molar-refractivity contribution is 0.136. The summed E-state index contributed by atoms with van der Waals surface area (Å²) in [6, 6.07) is 0. The Balaban J connectivity index is 2.58. The smallest absolute Gasteiger partial charge is 0.168 e. The van der Waals surface area contributed by atoms with Gasteiger partial charge in [-0.05, 0) is 56.1 Å². The summed E-state index contributed by atoms with van der Waals surface area (Å²) in [7, 11) is -0.518. The quantitative estimate of drug-likeness (QED) is 0.614. The predicted molar refractivity (Wildman–Crippen MR) is 80.5 cm³/mol. The monoisotopic (exact) mass is 270 g/mol. The molecule has 0 aromatic carbocycles. The summed E-state index contributed by atoms with van der Waals surface area (Å²) in [5.41, 5.74) is 1.34. The van der Waals surface area contributed by atoms with Gasteiger partial charge < -0.3 is 9.53 Å². The van der Waals surface area contributed by atoms with Crippen molar-refractivity contribution < 1.29 is 9.53 Å². The standard InChI is InChI=1S/C15H30O2Si/c1-14(2,3)18-17-15(4,5)13-8-6-7-12(11-13)9-10-16/h8,12,16H,6-7,9-11,18H2,1-5H3. The molecule has 0 amide bonds. The minimum absolute atomic E-state index is 0.104. The van der Waals surface area contributed by atoms with Gasteiger partial charge in [0.25, 0.3) is 0 Å². The molecular weight excluding hydrogens is 240 g/mol. The van der Waals surface area contributed by atoms with Gasteiger partial charge in [0.15, 0.2) is 9.76 Å². The van der Waals surface area contributed by atoms with Crippen molar-refractivity contribution in [2.45, 2.75) is 70.9 Å². The number of rotatable bonds is 5. The number of aliphatic hydroxyl groups excluding tert-OH is 1. The van der Waals surface area contributed by atoms with Crippen LogP contribution in [0.5, 0.6) is 0 Å². The molecular formula is C15H30O2Si. The van der Waals surface area contributed by atoms with E-state index in [1.54, 1.807) is 0 Å². The van der Waals surface area contributed by atoms with Crippen LogP contribution in [0.1, 0.15) is 60.3 Å². The van der Waals surface area contributed by atoms with Gasteiger partial charge >= 0.3 is 0 Å². The van der Waals surface area contributed by atoms with Gasteiger partial charge in [-0.25, -0.2) is 0 Å². The highest BCUT2D eigenvalue weighted by Crippen LogP contribution is 2.35. The zero-order valence-electron chi connectivity index (χ0n) is 12.8. The van der Waals surface area contributed by atoms with Gasteiger partial charge in [0.05, 0.1) is 5.60 Å². The largest absolute Gasteiger partial charge is 0.415 e. The highest BCUT2D eigenvalue weighted by molar-refractivity contribution is 6.31. The average Bonchev–Trinajstić information content (AvgIpc) is 2.27. The predicted octanol–water partition coefficient (Wildman–Crippen LogP) is 3.19. The van der Waals surface area contributed by atoms with E-state index in [9.17, 15) is 0 Å². The van der Waals surface area contributed by atoms with E-state index in [0.29, 0.717) is 17.6 Å². The molecule has 1 rings (SSSR count). The molecule has 106 valence electrons. The second kappa shape index (κ2) is 6.35. The lowest BCUT2D eigenvalue weighted by Gasteiger charge is -2.36. The number of allylic oxidation sites excluding steroid dienone is 1. The van der Waals surface area contributed by atoms with Crippen LogP contribution in [0.2, 0.25) is 5.04 Å². The Morgan fingerprint density at radius 3 is 2.56 bits per heavy atom. The van der Waals surface area contributed by atoms with E-state index in [4.69, 9.17) is 9.53 Å². The lowest BCUT2D eigenvalue weighted by Crippen LogP contribution is -2.33. The molecule has 0 spiro atoms. The molecule has 0 aromatic rings. The second-order valence-corrected chi connectivity index (χ2v) is 9.95. The molecule has 2 nitrogen and oxygen atoms in total. The van der Waals surface area contributed by atoms with Gasteiger partial charge in [-0.2, -0.15) is 0 Å². The molecule has 1 unspecified atom stereocenters. The summed E-state index contributed by atoms with van der Waals surface area (Å²) < 4.78 is 6.27. The molecule has 1 aliphatic rings. The van der Waals surface area contributed by atoms with E-state index in [-0.39, 0.29) is 5.60 Å². The molecule has 0 fully saturated rings. The minimum Gasteiger partial charge on any atom is -0.415 e. The van der Waals surface area contributed by atoms with Gasteiger partial charge in [0.2, 0.25) is 0 Å². The molecule has 1 aliphatic carbocycles. The molecule has 1 N–H and O–H groups in total. The summed E-state index contributed by atoms with van der Waals surface area (Å²) in [4.78, 5) is 0. The van der Waals surface area contributed by atoms with Gasteiger partial charge in [-0.1, -0.05) is 26.8 Å². The molecule has 0 aromatic heterocycles. The Hall–Kier alpha value is -0.123. The van der Waals surface area contributed by atoms with Crippen molar-refractivity contribution in [1.29, 1.82) is 0 Å². The number of aliphatic hydroxyl groups is 1. The number of hydrogen-bond donors (Lipinski definition) is 1. The fourth-order valence-electron chi connectivity index (χ4n) is 2.40. The van der Waals surface area contributed by atoms with Gasteiger partial charge in [-0.15, -0.1) is 0 Å². The summed E-state index contributed by atoms with van der Waals surface area (Å²) >= 11 is 0. The normalized spacial score (nSPS) is 22.6. The number of hydrogen-bond acceptors (Lipinski definition) is 2. The van der Waals surface area contributed by atoms with E-state index in [2.05, 4.69) is 40.7 Å². The van der Waals surface area contributed by atoms with Crippen LogP contribution in [-0.4, -0.2) is 27.1 Å². The molecule has 0 aliphatic heterocycles. The fourth-order valence-corrected chi connectivity index (χ4v) is 3.38. The van der Waals surface area contributed by atoms with E-state index < -0.39 is 9.76 Å². The van der Waals surface area contributed by atoms with E-state index >= 15 is 0 Å². The first-order chi connectivity index (χ1) is 8.24. The summed E-state index contributed by atoms with van der Waals surface area (Å²) in [5.74, 6) is 0.647. The first-order valence-corrected chi connectivity index (χ1v) is 8.47. The van der Waals surface area contributed by atoms with Gasteiger partial charge in [0, 0.05) is 6.61 Å². The van der Waals surface area contributed by atoms with Crippen molar-refractivity contribution >= 4 is 9.76 Å². The minimum atomic E-state index is -0.518. The molecule has 1 atom stereocenters. The molecule has 0 bridgehead atoms. The third kappa shape index (κ3) is 5.25. The summed E-state index contributed by atoms with van der Waals surface area (Å²) in [6.07, 6.45) is 6.77. The Labute approximate surface area is 115 Å². The maximum absolute atomic E-state index is 9.07. The molecule has 18 heavy (non-hydrogen) atoms. The lowest BCUT2D eigenvalue weighted by atomic mass is 9.81. The Bertz CT molecular complexity index is 289. The highest BCUT2D eigenvalue weighted by Gasteiger charge is 2.29. The van der Waals surface area contributed by atoms with Gasteiger partial charge in [-0.3, -0.25) is 0 Å². The molecule has 3 heteroatoms. The van der Waals surface area contributed by atoms with Crippen molar-refractivity contribution in [3.63, 3.8) is 0 Å². The van der Waals surface area contributed by atoms with Crippen LogP contribution in [0.4, 0.5) is 0 Å². The van der Waals surface area contributed by atoms with E-state index in [1.165, 1.54) is 12.0 Å². The van der Waals surface area contributed by atoms with Crippen LogP contribution >= 0.6 is 0 Å². The topological polar surface area (TPSA) is 29.5 Å². The van der Waals surface area contributed by atoms with Gasteiger partial charge in [0.1, 0.15) is 0 Å². The van der Waals surface area contributed by atoms with Crippen molar-refractivity contribution in [2.75, 3.05) is 6.61 Å². The zero-order chi connectivity index (χ0) is 13.8. The Kier molecular flexibility index (Phi) is 5.62. The van der Waals surface area contributed by atoms with Crippen molar-refractivity contribution in [3.05, 3.63) is 11.6 Å². The van der Waals surface area contributed by atoms with Crippen molar-refractivity contribution in [3.8, 4) is 0 Å². The summed E-state index contributed by atoms with van der Waals surface area (Å²) in [5, 5.41) is 9.42. The molecule has 0 saturated heterocycles. The summed E-state index contributed by atoms with van der Waals surface area (Å²) in [6.45, 7) is 11.5. The van der Waals surface area contributed by atoms with Crippen LogP contribution in [0.3, 0.4) is 0 Å². The van der Waals surface area contributed by atoms with Crippen LogP contribution in [0.15, 0.2) is 11.6 Å². The Morgan fingerprint density at radius 2 is 2.00 bits per heavy atom. The first-order valence-electron chi connectivity index (χ1n) is 7.19. The molecule has 0 radical (unpaired) electrons. The Morgan fingerprint density at radius 1 is 1.33 bits per heavy atom. The third-order valence-corrected chi connectivity index (χ3v) is 5.38. The molecule has 0 heterocycles. The molecule has 0 saturated carbocycles.